The second-order valence-electron chi connectivity index (χ2n) is 10.8. The van der Waals surface area contributed by atoms with E-state index in [1.165, 1.54) is 6.92 Å². The van der Waals surface area contributed by atoms with Gasteiger partial charge in [-0.15, -0.1) is 0 Å². The zero-order chi connectivity index (χ0) is 28.1. The summed E-state index contributed by atoms with van der Waals surface area (Å²) < 4.78 is 22.9. The lowest BCUT2D eigenvalue weighted by molar-refractivity contribution is -0.212. The Morgan fingerprint density at radius 2 is 1.81 bits per heavy atom. The number of hydrogen-bond acceptors (Lipinski definition) is 10. The van der Waals surface area contributed by atoms with E-state index in [2.05, 4.69) is 0 Å². The SMILES string of the molecule is C/C=C(/C)C(=O)O[C@H]1C[C@@H]2C(=C1C)[C@@H]1OC(=O)[C@](C)(O)[C@]1(O)[C@H](OC(=O)[C@@H](C)CC)C[C@@]2(C)OC(C)=O. The number of hydrogen-bond donors (Lipinski definition) is 2. The van der Waals surface area contributed by atoms with Gasteiger partial charge in [0.1, 0.15) is 17.8 Å². The summed E-state index contributed by atoms with van der Waals surface area (Å²) >= 11 is 0. The maximum Gasteiger partial charge on any atom is 0.341 e. The van der Waals surface area contributed by atoms with Gasteiger partial charge in [0.05, 0.1) is 5.92 Å². The number of carbonyl (C=O) groups excluding carboxylic acids is 4. The van der Waals surface area contributed by atoms with Crippen LogP contribution < -0.4 is 0 Å². The highest BCUT2D eigenvalue weighted by molar-refractivity contribution is 5.88. The molecule has 37 heavy (non-hydrogen) atoms. The molecule has 0 bridgehead atoms. The molecule has 1 saturated heterocycles. The van der Waals surface area contributed by atoms with Crippen molar-refractivity contribution >= 4 is 23.9 Å². The normalized spacial score (nSPS) is 38.2. The highest BCUT2D eigenvalue weighted by atomic mass is 16.6. The van der Waals surface area contributed by atoms with Crippen LogP contribution in [0.2, 0.25) is 0 Å². The Morgan fingerprint density at radius 3 is 2.35 bits per heavy atom. The van der Waals surface area contributed by atoms with Crippen LogP contribution in [0.25, 0.3) is 0 Å². The third-order valence-corrected chi connectivity index (χ3v) is 8.32. The Kier molecular flexibility index (Phi) is 7.69. The van der Waals surface area contributed by atoms with Gasteiger partial charge in [-0.3, -0.25) is 9.59 Å². The predicted molar refractivity (Wildman–Crippen MR) is 130 cm³/mol. The molecule has 0 amide bonds. The van der Waals surface area contributed by atoms with Crippen molar-refractivity contribution in [2.45, 2.75) is 110 Å². The fourth-order valence-corrected chi connectivity index (χ4v) is 5.60. The average molecular weight is 523 g/mol. The minimum atomic E-state index is -2.45. The number of aliphatic hydroxyl groups is 2. The molecular weight excluding hydrogens is 484 g/mol. The minimum absolute atomic E-state index is 0.173. The first-order valence-corrected chi connectivity index (χ1v) is 12.6. The number of rotatable bonds is 6. The summed E-state index contributed by atoms with van der Waals surface area (Å²) in [5, 5.41) is 23.4. The van der Waals surface area contributed by atoms with Crippen LogP contribution in [0.15, 0.2) is 22.8 Å². The molecule has 2 N–H and O–H groups in total. The van der Waals surface area contributed by atoms with E-state index in [-0.39, 0.29) is 12.8 Å². The molecule has 3 aliphatic rings. The lowest BCUT2D eigenvalue weighted by atomic mass is 9.75. The van der Waals surface area contributed by atoms with Crippen LogP contribution in [0.1, 0.15) is 74.7 Å². The smallest absolute Gasteiger partial charge is 0.341 e. The van der Waals surface area contributed by atoms with E-state index in [0.29, 0.717) is 23.1 Å². The van der Waals surface area contributed by atoms with Crippen molar-refractivity contribution in [2.24, 2.45) is 11.8 Å². The van der Waals surface area contributed by atoms with Gasteiger partial charge >= 0.3 is 23.9 Å². The number of ether oxygens (including phenoxy) is 4. The molecule has 1 heterocycles. The Bertz CT molecular complexity index is 1060. The summed E-state index contributed by atoms with van der Waals surface area (Å²) in [7, 11) is 0. The van der Waals surface area contributed by atoms with Crippen molar-refractivity contribution in [3.8, 4) is 0 Å². The molecule has 0 aromatic heterocycles. The fraction of sp³-hybridized carbons (Fsp3) is 0.704. The third-order valence-electron chi connectivity index (χ3n) is 8.32. The van der Waals surface area contributed by atoms with Gasteiger partial charge in [-0.05, 0) is 58.6 Å². The van der Waals surface area contributed by atoms with Crippen LogP contribution in [0.3, 0.4) is 0 Å². The number of carbonyl (C=O) groups is 4. The molecule has 0 aromatic carbocycles. The molecule has 1 saturated carbocycles. The van der Waals surface area contributed by atoms with Crippen LogP contribution >= 0.6 is 0 Å². The van der Waals surface area contributed by atoms with E-state index in [4.69, 9.17) is 18.9 Å². The van der Waals surface area contributed by atoms with Gasteiger partial charge in [0, 0.05) is 24.8 Å². The van der Waals surface area contributed by atoms with Crippen LogP contribution in [0.4, 0.5) is 0 Å². The highest BCUT2D eigenvalue weighted by Crippen LogP contribution is 2.56. The molecular formula is C27H38O10. The first-order chi connectivity index (χ1) is 17.0. The second kappa shape index (κ2) is 9.87. The van der Waals surface area contributed by atoms with Crippen molar-refractivity contribution in [2.75, 3.05) is 0 Å². The van der Waals surface area contributed by atoms with Crippen LogP contribution in [0, 0.1) is 11.8 Å². The molecule has 10 heteroatoms. The molecule has 0 spiro atoms. The average Bonchev–Trinajstić information content (AvgIpc) is 3.20. The molecule has 8 atom stereocenters. The topological polar surface area (TPSA) is 146 Å². The van der Waals surface area contributed by atoms with E-state index in [9.17, 15) is 29.4 Å². The first kappa shape index (κ1) is 28.8. The van der Waals surface area contributed by atoms with Gasteiger partial charge in [0.15, 0.2) is 17.3 Å². The predicted octanol–water partition coefficient (Wildman–Crippen LogP) is 2.29. The number of esters is 4. The number of allylic oxidation sites excluding steroid dienone is 1. The Morgan fingerprint density at radius 1 is 1.19 bits per heavy atom. The summed E-state index contributed by atoms with van der Waals surface area (Å²) in [5.41, 5.74) is -4.94. The van der Waals surface area contributed by atoms with Crippen molar-refractivity contribution in [1.29, 1.82) is 0 Å². The van der Waals surface area contributed by atoms with Gasteiger partial charge in [-0.25, -0.2) is 9.59 Å². The molecule has 1 aliphatic heterocycles. The van der Waals surface area contributed by atoms with Crippen molar-refractivity contribution in [3.05, 3.63) is 22.8 Å². The highest BCUT2D eigenvalue weighted by Gasteiger charge is 2.74. The number of fused-ring (bicyclic) bond motifs is 3. The molecule has 206 valence electrons. The molecule has 0 aromatic rings. The summed E-state index contributed by atoms with van der Waals surface area (Å²) in [5.74, 6) is -4.06. The maximum atomic E-state index is 12.9. The quantitative estimate of drug-likeness (QED) is 0.231. The van der Waals surface area contributed by atoms with Crippen LogP contribution in [-0.4, -0.2) is 69.2 Å². The fourth-order valence-electron chi connectivity index (χ4n) is 5.60. The lowest BCUT2D eigenvalue weighted by Crippen LogP contribution is -2.64. The van der Waals surface area contributed by atoms with Gasteiger partial charge in [-0.2, -0.15) is 0 Å². The van der Waals surface area contributed by atoms with E-state index >= 15 is 0 Å². The zero-order valence-electron chi connectivity index (χ0n) is 22.7. The largest absolute Gasteiger partial charge is 0.459 e. The van der Waals surface area contributed by atoms with E-state index in [1.807, 2.05) is 0 Å². The maximum absolute atomic E-state index is 12.9. The standard InChI is InChI=1S/C27H38O10/c1-9-13(3)22(29)34-18-11-17-20(15(18)5)21-27(33,26(8,32)24(31)36-21)19(35-23(30)14(4)10-2)12-25(17,7)37-16(6)28/h9,14,17-19,21,32-33H,10-12H2,1-8H3/b13-9-/t14-,17+,18-,19+,21-,25+,26-,27-/m0/s1. The van der Waals surface area contributed by atoms with Gasteiger partial charge in [0.25, 0.3) is 0 Å². The van der Waals surface area contributed by atoms with Crippen LogP contribution in [0.5, 0.6) is 0 Å². The lowest BCUT2D eigenvalue weighted by Gasteiger charge is -2.41. The Balaban J connectivity index is 2.21. The summed E-state index contributed by atoms with van der Waals surface area (Å²) in [6, 6.07) is 0. The summed E-state index contributed by atoms with van der Waals surface area (Å²) in [6.07, 6.45) is -1.63. The van der Waals surface area contributed by atoms with Gasteiger partial charge in [-0.1, -0.05) is 19.9 Å². The minimum Gasteiger partial charge on any atom is -0.459 e. The molecule has 0 unspecified atom stereocenters. The first-order valence-electron chi connectivity index (χ1n) is 12.6. The zero-order valence-corrected chi connectivity index (χ0v) is 22.7. The van der Waals surface area contributed by atoms with Gasteiger partial charge < -0.3 is 29.2 Å². The van der Waals surface area contributed by atoms with E-state index < -0.39 is 70.8 Å². The van der Waals surface area contributed by atoms with Gasteiger partial charge in [0.2, 0.25) is 0 Å². The molecule has 10 nitrogen and oxygen atoms in total. The second-order valence-corrected chi connectivity index (χ2v) is 10.8. The van der Waals surface area contributed by atoms with Crippen LogP contribution in [-0.2, 0) is 38.1 Å². The van der Waals surface area contributed by atoms with Crippen molar-refractivity contribution in [1.82, 2.24) is 0 Å². The summed E-state index contributed by atoms with van der Waals surface area (Å²) in [6.45, 7) is 12.4. The van der Waals surface area contributed by atoms with Crippen molar-refractivity contribution < 1.29 is 48.3 Å². The van der Waals surface area contributed by atoms with E-state index in [1.54, 1.807) is 47.6 Å². The Hall–Kier alpha value is -2.72. The van der Waals surface area contributed by atoms with E-state index in [0.717, 1.165) is 6.92 Å². The third kappa shape index (κ3) is 4.58. The van der Waals surface area contributed by atoms with Crippen molar-refractivity contribution in [3.63, 3.8) is 0 Å². The molecule has 2 fully saturated rings. The monoisotopic (exact) mass is 522 g/mol. The molecule has 3 rings (SSSR count). The molecule has 2 aliphatic carbocycles. The Labute approximate surface area is 217 Å². The summed E-state index contributed by atoms with van der Waals surface area (Å²) in [4.78, 5) is 50.5. The molecule has 0 radical (unpaired) electrons.